The van der Waals surface area contributed by atoms with Gasteiger partial charge in [-0.05, 0) is 49.4 Å². The molecule has 1 N–H and O–H groups in total. The Bertz CT molecular complexity index is 1310. The molecule has 0 radical (unpaired) electrons. The zero-order chi connectivity index (χ0) is 24.1. The van der Waals surface area contributed by atoms with E-state index in [0.717, 1.165) is 24.8 Å². The molecule has 4 aromatic rings. The highest BCUT2D eigenvalue weighted by Crippen LogP contribution is 2.29. The Morgan fingerprint density at radius 1 is 0.971 bits per heavy atom. The van der Waals surface area contributed by atoms with Crippen LogP contribution in [0.5, 0.6) is 17.4 Å². The van der Waals surface area contributed by atoms with Crippen LogP contribution in [-0.4, -0.2) is 41.1 Å². The Hall–Kier alpha value is -3.81. The third-order valence-electron chi connectivity index (χ3n) is 5.94. The van der Waals surface area contributed by atoms with Crippen molar-refractivity contribution in [1.29, 1.82) is 0 Å². The van der Waals surface area contributed by atoms with E-state index in [1.807, 2.05) is 28.9 Å². The van der Waals surface area contributed by atoms with Crippen molar-refractivity contribution in [2.24, 2.45) is 0 Å². The van der Waals surface area contributed by atoms with Gasteiger partial charge in [-0.3, -0.25) is 4.79 Å². The average Bonchev–Trinajstić information content (AvgIpc) is 3.24. The van der Waals surface area contributed by atoms with Crippen LogP contribution in [0, 0.1) is 0 Å². The number of hydrogen-bond donors (Lipinski definition) is 1. The lowest BCUT2D eigenvalue weighted by molar-refractivity contribution is 0.354. The summed E-state index contributed by atoms with van der Waals surface area (Å²) < 4.78 is 17.9. The molecule has 0 amide bonds. The van der Waals surface area contributed by atoms with E-state index in [-0.39, 0.29) is 17.5 Å². The molecule has 0 spiro atoms. The fourth-order valence-corrected chi connectivity index (χ4v) is 4.15. The zero-order valence-corrected chi connectivity index (χ0v) is 20.0. The van der Waals surface area contributed by atoms with E-state index < -0.39 is 0 Å². The van der Waals surface area contributed by atoms with Crippen LogP contribution in [0.1, 0.15) is 42.8 Å². The molecule has 2 aromatic heterocycles. The summed E-state index contributed by atoms with van der Waals surface area (Å²) in [5.74, 6) is 2.11. The lowest BCUT2D eigenvalue weighted by Gasteiger charge is -2.13. The van der Waals surface area contributed by atoms with Gasteiger partial charge in [-0.1, -0.05) is 36.4 Å². The Morgan fingerprint density at radius 2 is 1.74 bits per heavy atom. The standard InChI is InChI=1S/C26H30N4O4/c1-17(9-8-12-18-10-6-5-7-11-18)30-24-23(26(29-30)34-4)25(31)28-22(27-24)16-19-13-14-20(32-2)21(15-19)33-3/h5-7,10-11,13-15,17H,8-9,12,16H2,1-4H3,(H,27,28,31). The molecule has 0 aliphatic heterocycles. The first-order valence-corrected chi connectivity index (χ1v) is 11.3. The number of hydrogen-bond acceptors (Lipinski definition) is 6. The van der Waals surface area contributed by atoms with Crippen LogP contribution in [0.15, 0.2) is 53.3 Å². The van der Waals surface area contributed by atoms with Gasteiger partial charge in [0.25, 0.3) is 5.56 Å². The summed E-state index contributed by atoms with van der Waals surface area (Å²) in [5.41, 5.74) is 2.52. The lowest BCUT2D eigenvalue weighted by atomic mass is 10.1. The van der Waals surface area contributed by atoms with Crippen LogP contribution >= 0.6 is 0 Å². The Balaban J connectivity index is 1.61. The molecule has 4 rings (SSSR count). The van der Waals surface area contributed by atoms with Gasteiger partial charge >= 0.3 is 0 Å². The average molecular weight is 463 g/mol. The van der Waals surface area contributed by atoms with Crippen molar-refractivity contribution in [3.63, 3.8) is 0 Å². The van der Waals surface area contributed by atoms with Gasteiger partial charge < -0.3 is 19.2 Å². The summed E-state index contributed by atoms with van der Waals surface area (Å²) in [4.78, 5) is 20.6. The first-order chi connectivity index (χ1) is 16.5. The number of benzene rings is 2. The van der Waals surface area contributed by atoms with Crippen LogP contribution < -0.4 is 19.8 Å². The number of aromatic nitrogens is 4. The monoisotopic (exact) mass is 462 g/mol. The Morgan fingerprint density at radius 3 is 2.44 bits per heavy atom. The second kappa shape index (κ2) is 10.4. The second-order valence-electron chi connectivity index (χ2n) is 8.26. The topological polar surface area (TPSA) is 91.3 Å². The van der Waals surface area contributed by atoms with Crippen molar-refractivity contribution < 1.29 is 14.2 Å². The molecule has 0 bridgehead atoms. The number of aromatic amines is 1. The van der Waals surface area contributed by atoms with Gasteiger partial charge in [-0.25, -0.2) is 9.67 Å². The van der Waals surface area contributed by atoms with Gasteiger partial charge in [-0.15, -0.1) is 5.10 Å². The van der Waals surface area contributed by atoms with Gasteiger partial charge in [0.2, 0.25) is 5.88 Å². The van der Waals surface area contributed by atoms with Crippen LogP contribution in [0.4, 0.5) is 0 Å². The van der Waals surface area contributed by atoms with Crippen molar-refractivity contribution in [2.45, 2.75) is 38.6 Å². The second-order valence-corrected chi connectivity index (χ2v) is 8.26. The van der Waals surface area contributed by atoms with Crippen molar-refractivity contribution in [1.82, 2.24) is 19.7 Å². The molecule has 2 aromatic carbocycles. The number of H-pyrrole nitrogens is 1. The summed E-state index contributed by atoms with van der Waals surface area (Å²) >= 11 is 0. The molecule has 34 heavy (non-hydrogen) atoms. The predicted molar refractivity (Wildman–Crippen MR) is 131 cm³/mol. The maximum atomic E-state index is 13.0. The summed E-state index contributed by atoms with van der Waals surface area (Å²) in [6, 6.07) is 16.1. The number of nitrogens with zero attached hydrogens (tertiary/aromatic N) is 3. The summed E-state index contributed by atoms with van der Waals surface area (Å²) in [6.07, 6.45) is 3.31. The van der Waals surface area contributed by atoms with Gasteiger partial charge in [0.1, 0.15) is 11.2 Å². The SMILES string of the molecule is COc1ccc(Cc2nc3c(c(OC)nn3C(C)CCCc3ccccc3)c(=O)[nH]2)cc1OC. The van der Waals surface area contributed by atoms with Gasteiger partial charge in [0.15, 0.2) is 17.1 Å². The highest BCUT2D eigenvalue weighted by molar-refractivity contribution is 5.80. The smallest absolute Gasteiger partial charge is 0.266 e. The minimum Gasteiger partial charge on any atom is -0.493 e. The number of rotatable bonds is 10. The molecule has 1 unspecified atom stereocenters. The van der Waals surface area contributed by atoms with Crippen LogP contribution in [-0.2, 0) is 12.8 Å². The van der Waals surface area contributed by atoms with Gasteiger partial charge in [-0.2, -0.15) is 0 Å². The highest BCUT2D eigenvalue weighted by Gasteiger charge is 2.21. The highest BCUT2D eigenvalue weighted by atomic mass is 16.5. The van der Waals surface area contributed by atoms with Crippen LogP contribution in [0.2, 0.25) is 0 Å². The third kappa shape index (κ3) is 4.90. The zero-order valence-electron chi connectivity index (χ0n) is 20.0. The molecule has 8 nitrogen and oxygen atoms in total. The number of methoxy groups -OCH3 is 3. The first-order valence-electron chi connectivity index (χ1n) is 11.3. The van der Waals surface area contributed by atoms with E-state index in [2.05, 4.69) is 41.3 Å². The first kappa shape index (κ1) is 23.4. The van der Waals surface area contributed by atoms with Crippen molar-refractivity contribution in [3.8, 4) is 17.4 Å². The molecule has 8 heteroatoms. The van der Waals surface area contributed by atoms with E-state index in [9.17, 15) is 4.79 Å². The van der Waals surface area contributed by atoms with Gasteiger partial charge in [0.05, 0.1) is 27.4 Å². The molecule has 2 heterocycles. The van der Waals surface area contributed by atoms with Crippen LogP contribution in [0.3, 0.4) is 0 Å². The van der Waals surface area contributed by atoms with Gasteiger partial charge in [0, 0.05) is 6.42 Å². The maximum absolute atomic E-state index is 13.0. The summed E-state index contributed by atoms with van der Waals surface area (Å²) in [7, 11) is 4.71. The van der Waals surface area contributed by atoms with E-state index in [1.165, 1.54) is 12.7 Å². The number of aryl methyl sites for hydroxylation is 1. The minimum absolute atomic E-state index is 0.0540. The molecular formula is C26H30N4O4. The maximum Gasteiger partial charge on any atom is 0.266 e. The summed E-state index contributed by atoms with van der Waals surface area (Å²) in [6.45, 7) is 2.09. The summed E-state index contributed by atoms with van der Waals surface area (Å²) in [5, 5.41) is 4.94. The van der Waals surface area contributed by atoms with E-state index in [0.29, 0.717) is 34.8 Å². The van der Waals surface area contributed by atoms with Crippen molar-refractivity contribution >= 4 is 11.0 Å². The lowest BCUT2D eigenvalue weighted by Crippen LogP contribution is -2.15. The molecular weight excluding hydrogens is 432 g/mol. The fourth-order valence-electron chi connectivity index (χ4n) is 4.15. The Kier molecular flexibility index (Phi) is 7.15. The quantitative estimate of drug-likeness (QED) is 0.377. The van der Waals surface area contributed by atoms with E-state index >= 15 is 0 Å². The Labute approximate surface area is 198 Å². The third-order valence-corrected chi connectivity index (χ3v) is 5.94. The van der Waals surface area contributed by atoms with Crippen molar-refractivity contribution in [2.75, 3.05) is 21.3 Å². The van der Waals surface area contributed by atoms with E-state index in [1.54, 1.807) is 14.2 Å². The normalized spacial score (nSPS) is 12.0. The molecule has 0 aliphatic rings. The molecule has 0 aliphatic carbocycles. The fraction of sp³-hybridized carbons (Fsp3) is 0.346. The predicted octanol–water partition coefficient (Wildman–Crippen LogP) is 4.32. The van der Waals surface area contributed by atoms with Crippen molar-refractivity contribution in [3.05, 3.63) is 75.8 Å². The molecule has 178 valence electrons. The number of fused-ring (bicyclic) bond motifs is 1. The largest absolute Gasteiger partial charge is 0.493 e. The van der Waals surface area contributed by atoms with E-state index in [4.69, 9.17) is 19.2 Å². The molecule has 0 saturated carbocycles. The molecule has 0 saturated heterocycles. The molecule has 0 fully saturated rings. The minimum atomic E-state index is -0.264. The number of nitrogens with one attached hydrogen (secondary N) is 1. The number of ether oxygens (including phenoxy) is 3. The molecule has 1 atom stereocenters. The van der Waals surface area contributed by atoms with Crippen LogP contribution in [0.25, 0.3) is 11.0 Å².